The molecule has 262 valence electrons. The van der Waals surface area contributed by atoms with Crippen LogP contribution >= 0.6 is 11.3 Å². The molecular formula is C53H39NS. The van der Waals surface area contributed by atoms with Crippen molar-refractivity contribution < 1.29 is 0 Å². The molecule has 0 amide bonds. The van der Waals surface area contributed by atoms with Gasteiger partial charge in [0.2, 0.25) is 0 Å². The van der Waals surface area contributed by atoms with Gasteiger partial charge in [0, 0.05) is 21.5 Å². The zero-order valence-electron chi connectivity index (χ0n) is 30.7. The third kappa shape index (κ3) is 6.69. The first-order chi connectivity index (χ1) is 27.1. The van der Waals surface area contributed by atoms with E-state index in [9.17, 15) is 0 Å². The van der Waals surface area contributed by atoms with E-state index in [1.54, 1.807) is 0 Å². The molecule has 55 heavy (non-hydrogen) atoms. The quantitative estimate of drug-likeness (QED) is 0.116. The molecule has 1 heterocycles. The van der Waals surface area contributed by atoms with Crippen LogP contribution in [0.4, 0.5) is 5.69 Å². The Bertz CT molecular complexity index is 3020. The maximum atomic E-state index is 3.84. The predicted molar refractivity (Wildman–Crippen MR) is 244 cm³/mol. The summed E-state index contributed by atoms with van der Waals surface area (Å²) in [4.78, 5) is 1.27. The van der Waals surface area contributed by atoms with Gasteiger partial charge in [-0.2, -0.15) is 0 Å². The van der Waals surface area contributed by atoms with Gasteiger partial charge in [-0.05, 0) is 131 Å². The summed E-state index contributed by atoms with van der Waals surface area (Å²) in [5.74, 6) is 0. The highest BCUT2D eigenvalue weighted by atomic mass is 32.1. The second-order valence-electron chi connectivity index (χ2n) is 13.9. The number of rotatable bonds is 9. The van der Waals surface area contributed by atoms with Crippen LogP contribution in [0.3, 0.4) is 0 Å². The number of thiophene rings is 1. The van der Waals surface area contributed by atoms with Crippen molar-refractivity contribution in [1.82, 2.24) is 0 Å². The Morgan fingerprint density at radius 3 is 1.95 bits per heavy atom. The molecule has 1 nitrogen and oxygen atoms in total. The first-order valence-corrected chi connectivity index (χ1v) is 19.5. The van der Waals surface area contributed by atoms with Crippen molar-refractivity contribution in [3.63, 3.8) is 0 Å². The van der Waals surface area contributed by atoms with Gasteiger partial charge in [-0.1, -0.05) is 158 Å². The molecule has 0 spiro atoms. The van der Waals surface area contributed by atoms with Crippen molar-refractivity contribution >= 4 is 87.9 Å². The van der Waals surface area contributed by atoms with Crippen LogP contribution in [0.15, 0.2) is 195 Å². The number of anilines is 1. The summed E-state index contributed by atoms with van der Waals surface area (Å²) in [5.41, 5.74) is 8.30. The van der Waals surface area contributed by atoms with E-state index in [1.807, 2.05) is 29.7 Å². The van der Waals surface area contributed by atoms with Crippen LogP contribution in [0.1, 0.15) is 21.6 Å². The van der Waals surface area contributed by atoms with Gasteiger partial charge < -0.3 is 5.32 Å². The average Bonchev–Trinajstić information content (AvgIpc) is 3.56. The van der Waals surface area contributed by atoms with E-state index in [4.69, 9.17) is 0 Å². The number of benzene rings is 8. The molecule has 9 aromatic rings. The third-order valence-electron chi connectivity index (χ3n) is 10.5. The summed E-state index contributed by atoms with van der Waals surface area (Å²) >= 11 is 1.82. The van der Waals surface area contributed by atoms with Crippen molar-refractivity contribution in [3.8, 4) is 11.1 Å². The van der Waals surface area contributed by atoms with Crippen molar-refractivity contribution in [2.45, 2.75) is 6.92 Å². The summed E-state index contributed by atoms with van der Waals surface area (Å²) < 4.78 is 1.29. The van der Waals surface area contributed by atoms with E-state index in [1.165, 1.54) is 85.9 Å². The summed E-state index contributed by atoms with van der Waals surface area (Å²) in [6.45, 7) is 6.04. The molecule has 0 saturated carbocycles. The molecule has 2 heteroatoms. The van der Waals surface area contributed by atoms with E-state index in [2.05, 4.69) is 201 Å². The smallest absolute Gasteiger partial charge is 0.0380 e. The molecule has 0 aliphatic rings. The lowest BCUT2D eigenvalue weighted by Crippen LogP contribution is -1.89. The highest BCUT2D eigenvalue weighted by Gasteiger charge is 2.11. The van der Waals surface area contributed by atoms with E-state index in [0.717, 1.165) is 11.3 Å². The molecule has 9 rings (SSSR count). The molecule has 0 unspecified atom stereocenters. The topological polar surface area (TPSA) is 12.0 Å². The second kappa shape index (κ2) is 14.9. The van der Waals surface area contributed by atoms with Gasteiger partial charge in [0.1, 0.15) is 0 Å². The molecule has 8 aromatic carbocycles. The highest BCUT2D eigenvalue weighted by molar-refractivity contribution is 7.20. The molecule has 0 bridgehead atoms. The molecule has 0 aliphatic carbocycles. The van der Waals surface area contributed by atoms with Gasteiger partial charge in [0.25, 0.3) is 0 Å². The Morgan fingerprint density at radius 1 is 0.582 bits per heavy atom. The lowest BCUT2D eigenvalue weighted by molar-refractivity contribution is 1.57. The summed E-state index contributed by atoms with van der Waals surface area (Å²) in [7, 11) is 0. The lowest BCUT2D eigenvalue weighted by Gasteiger charge is -2.12. The van der Waals surface area contributed by atoms with E-state index in [0.29, 0.717) is 0 Å². The van der Waals surface area contributed by atoms with Crippen LogP contribution in [0.2, 0.25) is 0 Å². The number of allylic oxidation sites excluding steroid dienone is 6. The van der Waals surface area contributed by atoms with Crippen LogP contribution in [0.5, 0.6) is 0 Å². The Balaban J connectivity index is 1.05. The van der Waals surface area contributed by atoms with Crippen LogP contribution in [-0.4, -0.2) is 0 Å². The second-order valence-corrected chi connectivity index (χ2v) is 14.9. The number of nitrogens with one attached hydrogen (secondary N) is 1. The normalized spacial score (nSPS) is 12.4. The first kappa shape index (κ1) is 34.1. The fraction of sp³-hybridized carbons (Fsp3) is 0.0189. The molecule has 0 aliphatic heterocycles. The predicted octanol–water partition coefficient (Wildman–Crippen LogP) is 15.4. The maximum Gasteiger partial charge on any atom is 0.0380 e. The van der Waals surface area contributed by atoms with Gasteiger partial charge in [0.05, 0.1) is 0 Å². The minimum absolute atomic E-state index is 1.04. The molecule has 0 saturated heterocycles. The monoisotopic (exact) mass is 721 g/mol. The molecule has 0 atom stereocenters. The minimum Gasteiger partial charge on any atom is -0.362 e. The number of hydrogen-bond acceptors (Lipinski definition) is 2. The number of fused-ring (bicyclic) bond motifs is 7. The fourth-order valence-corrected chi connectivity index (χ4v) is 8.90. The van der Waals surface area contributed by atoms with Crippen LogP contribution in [0, 0.1) is 6.92 Å². The van der Waals surface area contributed by atoms with Gasteiger partial charge in [-0.3, -0.25) is 0 Å². The summed E-state index contributed by atoms with van der Waals surface area (Å²) in [5, 5.41) is 14.9. The first-order valence-electron chi connectivity index (χ1n) is 18.7. The average molecular weight is 722 g/mol. The maximum absolute atomic E-state index is 3.84. The van der Waals surface area contributed by atoms with Crippen molar-refractivity contribution in [3.05, 3.63) is 216 Å². The largest absolute Gasteiger partial charge is 0.362 e. The Hall–Kier alpha value is -6.74. The molecule has 0 fully saturated rings. The van der Waals surface area contributed by atoms with Gasteiger partial charge in [-0.15, -0.1) is 11.3 Å². The summed E-state index contributed by atoms with van der Waals surface area (Å²) in [6, 6.07) is 54.9. The van der Waals surface area contributed by atoms with Crippen molar-refractivity contribution in [2.24, 2.45) is 0 Å². The number of aryl methyl sites for hydroxylation is 1. The SMILES string of the molecule is C=C/C=C\c1sc2cc(\C=C/C(=C\C=C\Nc3ccc(-c4cc5ccccc5c5ccccc45)cc3)c3cc4ccccc4c4ccccc34)ccc2c1C. The van der Waals surface area contributed by atoms with Crippen LogP contribution in [-0.2, 0) is 0 Å². The molecule has 0 radical (unpaired) electrons. The molecule has 1 aromatic heterocycles. The minimum atomic E-state index is 1.04. The third-order valence-corrected chi connectivity index (χ3v) is 11.7. The van der Waals surface area contributed by atoms with Crippen molar-refractivity contribution in [2.75, 3.05) is 5.32 Å². The zero-order valence-corrected chi connectivity index (χ0v) is 31.5. The van der Waals surface area contributed by atoms with Crippen LogP contribution < -0.4 is 5.32 Å². The van der Waals surface area contributed by atoms with Gasteiger partial charge in [-0.25, -0.2) is 0 Å². The van der Waals surface area contributed by atoms with Gasteiger partial charge in [0.15, 0.2) is 0 Å². The Morgan fingerprint density at radius 2 is 1.22 bits per heavy atom. The number of hydrogen-bond donors (Lipinski definition) is 1. The molecule has 1 N–H and O–H groups in total. The van der Waals surface area contributed by atoms with Crippen molar-refractivity contribution in [1.29, 1.82) is 0 Å². The van der Waals surface area contributed by atoms with Gasteiger partial charge >= 0.3 is 0 Å². The zero-order chi connectivity index (χ0) is 37.1. The van der Waals surface area contributed by atoms with E-state index < -0.39 is 0 Å². The Kier molecular flexibility index (Phi) is 9.25. The van der Waals surface area contributed by atoms with Crippen LogP contribution in [0.25, 0.3) is 82.0 Å². The Labute approximate surface area is 326 Å². The highest BCUT2D eigenvalue weighted by Crippen LogP contribution is 2.37. The van der Waals surface area contributed by atoms with E-state index in [-0.39, 0.29) is 0 Å². The molecular weight excluding hydrogens is 683 g/mol. The summed E-state index contributed by atoms with van der Waals surface area (Å²) in [6.07, 6.45) is 16.8. The van der Waals surface area contributed by atoms with E-state index >= 15 is 0 Å². The fourth-order valence-electron chi connectivity index (χ4n) is 7.73. The standard InChI is InChI=1S/C53H39NS/c1-3-4-23-52-36(2)43-31-25-37(33-53(43)55-52)24-26-38(50-34-40-14-5-7-17-44(40)46-19-9-11-21-48(46)50)16-13-32-54-42-29-27-39(28-30-42)51-35-41-15-6-8-18-45(41)47-20-10-12-22-49(47)51/h3-35,54H,1H2,2H3/b23-4-,26-24-,32-13+,38-16+. The lowest BCUT2D eigenvalue weighted by atomic mass is 9.92.